The number of amides is 1. The number of hydrogen-bond acceptors (Lipinski definition) is 8. The van der Waals surface area contributed by atoms with Gasteiger partial charge in [-0.25, -0.2) is 15.0 Å². The molecule has 1 aliphatic heterocycles. The number of halogens is 1. The van der Waals surface area contributed by atoms with Gasteiger partial charge in [0.15, 0.2) is 17.8 Å². The number of imidazole rings is 1. The van der Waals surface area contributed by atoms with Crippen LogP contribution in [0.25, 0.3) is 39.5 Å². The number of aromatic nitrogens is 4. The van der Waals surface area contributed by atoms with Crippen molar-refractivity contribution in [2.45, 2.75) is 6.54 Å². The van der Waals surface area contributed by atoms with Gasteiger partial charge >= 0.3 is 0 Å². The van der Waals surface area contributed by atoms with Gasteiger partial charge in [0, 0.05) is 60.8 Å². The largest absolute Gasteiger partial charge is 0.507 e. The molecule has 0 bridgehead atoms. The fourth-order valence-corrected chi connectivity index (χ4v) is 6.07. The van der Waals surface area contributed by atoms with Crippen LogP contribution in [0.5, 0.6) is 5.75 Å². The molecule has 3 N–H and O–H groups in total. The van der Waals surface area contributed by atoms with Crippen LogP contribution in [-0.4, -0.2) is 72.8 Å². The van der Waals surface area contributed by atoms with Crippen LogP contribution in [0, 0.1) is 0 Å². The maximum Gasteiger partial charge on any atom is 0.253 e. The Hall–Kier alpha value is -5.58. The van der Waals surface area contributed by atoms with Crippen molar-refractivity contribution < 1.29 is 14.7 Å². The molecule has 0 unspecified atom stereocenters. The molecule has 11 heteroatoms. The second-order valence-corrected chi connectivity index (χ2v) is 11.8. The SMILES string of the molecule is Nc1ncccc1-c1nc2ccc(-c3cccc(Cl)c3)nc2n1-c1ccc(CN2CCN(C(=O)c3ccc(O)c(C=O)c3)CC2)cc1. The zero-order chi connectivity index (χ0) is 32.5. The number of nitrogens with zero attached hydrogens (tertiary/aromatic N) is 6. The van der Waals surface area contributed by atoms with Gasteiger partial charge in [0.2, 0.25) is 0 Å². The van der Waals surface area contributed by atoms with Crippen LogP contribution in [0.2, 0.25) is 5.02 Å². The third-order valence-electron chi connectivity index (χ3n) is 8.37. The number of benzene rings is 3. The molecule has 7 rings (SSSR count). The molecule has 234 valence electrons. The van der Waals surface area contributed by atoms with Crippen molar-refractivity contribution in [1.82, 2.24) is 29.3 Å². The zero-order valence-corrected chi connectivity index (χ0v) is 26.0. The number of nitrogens with two attached hydrogens (primary N) is 1. The van der Waals surface area contributed by atoms with Gasteiger partial charge in [-0.3, -0.25) is 19.1 Å². The van der Waals surface area contributed by atoms with Gasteiger partial charge in [0.1, 0.15) is 17.1 Å². The van der Waals surface area contributed by atoms with E-state index in [0.717, 1.165) is 34.6 Å². The topological polar surface area (TPSA) is 130 Å². The predicted molar refractivity (Wildman–Crippen MR) is 182 cm³/mol. The first-order valence-electron chi connectivity index (χ1n) is 15.1. The number of pyridine rings is 2. The van der Waals surface area contributed by atoms with Gasteiger partial charge in [-0.15, -0.1) is 0 Å². The summed E-state index contributed by atoms with van der Waals surface area (Å²) in [4.78, 5) is 42.6. The lowest BCUT2D eigenvalue weighted by molar-refractivity contribution is 0.0628. The third kappa shape index (κ3) is 6.04. The standard InChI is InChI=1S/C36H30ClN7O3/c37-27-4-1-3-24(20-27)30-11-12-31-35(40-30)44(34(41-31)29-5-2-14-39-33(29)38)28-9-6-23(7-10-28)21-42-15-17-43(18-16-42)36(47)25-8-13-32(46)26(19-25)22-45/h1-14,19-20,22,46H,15-18,21H2,(H2,38,39). The zero-order valence-electron chi connectivity index (χ0n) is 25.3. The maximum atomic E-state index is 13.0. The van der Waals surface area contributed by atoms with Gasteiger partial charge in [0.05, 0.1) is 16.8 Å². The van der Waals surface area contributed by atoms with Crippen LogP contribution in [0.3, 0.4) is 0 Å². The lowest BCUT2D eigenvalue weighted by Gasteiger charge is -2.35. The molecule has 0 atom stereocenters. The van der Waals surface area contributed by atoms with Gasteiger partial charge in [-0.05, 0) is 72.3 Å². The molecular weight excluding hydrogens is 614 g/mol. The van der Waals surface area contributed by atoms with E-state index >= 15 is 0 Å². The first-order chi connectivity index (χ1) is 22.9. The number of phenols is 1. The highest BCUT2D eigenvalue weighted by Crippen LogP contribution is 2.32. The summed E-state index contributed by atoms with van der Waals surface area (Å²) in [5, 5.41) is 10.4. The Balaban J connectivity index is 1.13. The monoisotopic (exact) mass is 643 g/mol. The lowest BCUT2D eigenvalue weighted by atomic mass is 10.1. The minimum Gasteiger partial charge on any atom is -0.507 e. The summed E-state index contributed by atoms with van der Waals surface area (Å²) in [6.07, 6.45) is 2.21. The Kier molecular flexibility index (Phi) is 8.11. The van der Waals surface area contributed by atoms with Crippen LogP contribution >= 0.6 is 11.6 Å². The van der Waals surface area contributed by atoms with E-state index in [1.165, 1.54) is 12.1 Å². The maximum absolute atomic E-state index is 13.0. The van der Waals surface area contributed by atoms with Crippen molar-refractivity contribution >= 4 is 40.8 Å². The fourth-order valence-electron chi connectivity index (χ4n) is 5.88. The molecule has 0 spiro atoms. The summed E-state index contributed by atoms with van der Waals surface area (Å²) in [6, 6.07) is 27.9. The fraction of sp³-hybridized carbons (Fsp3) is 0.139. The summed E-state index contributed by atoms with van der Waals surface area (Å²) in [5.41, 5.74) is 12.6. The van der Waals surface area contributed by atoms with Crippen molar-refractivity contribution in [3.63, 3.8) is 0 Å². The van der Waals surface area contributed by atoms with Gasteiger partial charge in [0.25, 0.3) is 5.91 Å². The number of phenolic OH excluding ortho intramolecular Hbond substituents is 1. The molecule has 0 aliphatic carbocycles. The highest BCUT2D eigenvalue weighted by molar-refractivity contribution is 6.30. The van der Waals surface area contributed by atoms with E-state index in [-0.39, 0.29) is 17.2 Å². The van der Waals surface area contributed by atoms with Crippen molar-refractivity contribution in [3.8, 4) is 34.1 Å². The van der Waals surface area contributed by atoms with E-state index in [0.29, 0.717) is 65.9 Å². The summed E-state index contributed by atoms with van der Waals surface area (Å²) in [6.45, 7) is 3.26. The van der Waals surface area contributed by atoms with Crippen LogP contribution in [-0.2, 0) is 6.54 Å². The molecule has 1 saturated heterocycles. The second kappa shape index (κ2) is 12.7. The molecule has 3 aromatic heterocycles. The number of rotatable bonds is 7. The third-order valence-corrected chi connectivity index (χ3v) is 8.60. The summed E-state index contributed by atoms with van der Waals surface area (Å²) in [5.74, 6) is 0.734. The van der Waals surface area contributed by atoms with E-state index in [9.17, 15) is 14.7 Å². The van der Waals surface area contributed by atoms with Crippen LogP contribution in [0.1, 0.15) is 26.3 Å². The molecule has 4 heterocycles. The molecule has 0 radical (unpaired) electrons. The highest BCUT2D eigenvalue weighted by atomic mass is 35.5. The number of carbonyl (C=O) groups is 2. The Morgan fingerprint density at radius 1 is 0.915 bits per heavy atom. The highest BCUT2D eigenvalue weighted by Gasteiger charge is 2.23. The Bertz CT molecular complexity index is 2120. The van der Waals surface area contributed by atoms with Crippen molar-refractivity contribution in [1.29, 1.82) is 0 Å². The van der Waals surface area contributed by atoms with E-state index in [2.05, 4.69) is 34.1 Å². The Morgan fingerprint density at radius 2 is 1.72 bits per heavy atom. The number of nitrogen functional groups attached to an aromatic ring is 1. The minimum atomic E-state index is -0.151. The molecule has 47 heavy (non-hydrogen) atoms. The smallest absolute Gasteiger partial charge is 0.253 e. The molecule has 0 saturated carbocycles. The van der Waals surface area contributed by atoms with Crippen molar-refractivity contribution in [2.75, 3.05) is 31.9 Å². The quantitative estimate of drug-likeness (QED) is 0.207. The van der Waals surface area contributed by atoms with E-state index < -0.39 is 0 Å². The van der Waals surface area contributed by atoms with Gasteiger partial charge < -0.3 is 15.7 Å². The molecule has 6 aromatic rings. The lowest BCUT2D eigenvalue weighted by Crippen LogP contribution is -2.48. The molecule has 1 aliphatic rings. The molecule has 1 fully saturated rings. The van der Waals surface area contributed by atoms with E-state index in [4.69, 9.17) is 27.3 Å². The number of aromatic hydroxyl groups is 1. The summed E-state index contributed by atoms with van der Waals surface area (Å²) >= 11 is 6.28. The second-order valence-electron chi connectivity index (χ2n) is 11.4. The number of anilines is 1. The van der Waals surface area contributed by atoms with E-state index in [1.54, 1.807) is 17.2 Å². The number of carbonyl (C=O) groups excluding carboxylic acids is 2. The number of hydrogen-bond donors (Lipinski definition) is 2. The normalized spacial score (nSPS) is 13.6. The first kappa shape index (κ1) is 30.1. The van der Waals surface area contributed by atoms with Crippen LogP contribution < -0.4 is 5.73 Å². The van der Waals surface area contributed by atoms with E-state index in [1.807, 2.05) is 53.1 Å². The summed E-state index contributed by atoms with van der Waals surface area (Å²) in [7, 11) is 0. The average molecular weight is 644 g/mol. The van der Waals surface area contributed by atoms with Gasteiger partial charge in [-0.1, -0.05) is 35.9 Å². The minimum absolute atomic E-state index is 0.106. The van der Waals surface area contributed by atoms with Crippen LogP contribution in [0.4, 0.5) is 5.82 Å². The number of piperazine rings is 1. The van der Waals surface area contributed by atoms with Gasteiger partial charge in [-0.2, -0.15) is 0 Å². The van der Waals surface area contributed by atoms with Crippen LogP contribution in [0.15, 0.2) is 97.2 Å². The summed E-state index contributed by atoms with van der Waals surface area (Å²) < 4.78 is 2.00. The average Bonchev–Trinajstić information content (AvgIpc) is 3.47. The number of aldehydes is 1. The molecule has 1 amide bonds. The molecule has 3 aromatic carbocycles. The first-order valence-corrected chi connectivity index (χ1v) is 15.5. The predicted octanol–water partition coefficient (Wildman–Crippen LogP) is 5.86. The van der Waals surface area contributed by atoms with Crippen molar-refractivity contribution in [3.05, 3.63) is 119 Å². The Labute approximate surface area is 275 Å². The molecular formula is C36H30ClN7O3. The van der Waals surface area contributed by atoms with Crippen molar-refractivity contribution in [2.24, 2.45) is 0 Å². The molecule has 10 nitrogen and oxygen atoms in total. The number of fused-ring (bicyclic) bond motifs is 1. The Morgan fingerprint density at radius 3 is 2.47 bits per heavy atom.